The molecule has 1 saturated heterocycles. The molecule has 5 nitrogen and oxygen atoms in total. The Balaban J connectivity index is 1.49. The first-order valence-electron chi connectivity index (χ1n) is 9.29. The van der Waals surface area contributed by atoms with Crippen LogP contribution < -0.4 is 5.32 Å². The van der Waals surface area contributed by atoms with Gasteiger partial charge in [-0.2, -0.15) is 0 Å². The molecule has 1 atom stereocenters. The summed E-state index contributed by atoms with van der Waals surface area (Å²) in [5, 5.41) is 12.3. The number of aliphatic hydroxyl groups is 1. The Morgan fingerprint density at radius 1 is 1.20 bits per heavy atom. The Morgan fingerprint density at radius 2 is 1.88 bits per heavy atom. The standard InChI is InChI=1S/C20H28N2O3/c1-14-2-4-15(5-3-14)11-22-12-17(10-19(22)24)20(25)21-18-8-6-16(13-23)7-9-18/h2-5,16-18,23H,6-13H2,1H3,(H,21,25). The van der Waals surface area contributed by atoms with Gasteiger partial charge in [0.25, 0.3) is 0 Å². The molecule has 1 unspecified atom stereocenters. The number of nitrogens with zero attached hydrogens (tertiary/aromatic N) is 1. The SMILES string of the molecule is Cc1ccc(CN2CC(C(=O)NC3CCC(CO)CC3)CC2=O)cc1. The van der Waals surface area contributed by atoms with Crippen molar-refractivity contribution in [3.05, 3.63) is 35.4 Å². The van der Waals surface area contributed by atoms with Gasteiger partial charge in [0.05, 0.1) is 5.92 Å². The van der Waals surface area contributed by atoms with Gasteiger partial charge in [-0.15, -0.1) is 0 Å². The van der Waals surface area contributed by atoms with Gasteiger partial charge in [-0.25, -0.2) is 0 Å². The van der Waals surface area contributed by atoms with E-state index in [1.54, 1.807) is 4.90 Å². The maximum Gasteiger partial charge on any atom is 0.225 e. The molecule has 1 aromatic carbocycles. The van der Waals surface area contributed by atoms with E-state index in [1.165, 1.54) is 5.56 Å². The number of nitrogens with one attached hydrogen (secondary N) is 1. The maximum atomic E-state index is 12.5. The van der Waals surface area contributed by atoms with Gasteiger partial charge in [-0.05, 0) is 44.1 Å². The van der Waals surface area contributed by atoms with Crippen LogP contribution in [0, 0.1) is 18.8 Å². The highest BCUT2D eigenvalue weighted by atomic mass is 16.3. The minimum absolute atomic E-state index is 0.00667. The van der Waals surface area contributed by atoms with Gasteiger partial charge >= 0.3 is 0 Å². The number of rotatable bonds is 5. The van der Waals surface area contributed by atoms with Gasteiger partial charge in [-0.3, -0.25) is 9.59 Å². The number of carbonyl (C=O) groups excluding carboxylic acids is 2. The normalized spacial score (nSPS) is 26.7. The molecule has 1 aliphatic heterocycles. The summed E-state index contributed by atoms with van der Waals surface area (Å²) >= 11 is 0. The molecule has 136 valence electrons. The van der Waals surface area contributed by atoms with Crippen molar-refractivity contribution >= 4 is 11.8 Å². The van der Waals surface area contributed by atoms with Crippen molar-refractivity contribution in [2.24, 2.45) is 11.8 Å². The smallest absolute Gasteiger partial charge is 0.225 e. The molecule has 1 heterocycles. The van der Waals surface area contributed by atoms with Crippen LogP contribution in [0.15, 0.2) is 24.3 Å². The van der Waals surface area contributed by atoms with E-state index in [9.17, 15) is 14.7 Å². The number of benzene rings is 1. The predicted molar refractivity (Wildman–Crippen MR) is 95.7 cm³/mol. The molecule has 0 aromatic heterocycles. The maximum absolute atomic E-state index is 12.5. The number of aliphatic hydroxyl groups excluding tert-OH is 1. The fourth-order valence-electron chi connectivity index (χ4n) is 3.82. The molecule has 1 aromatic rings. The molecule has 3 rings (SSSR count). The molecule has 0 spiro atoms. The lowest BCUT2D eigenvalue weighted by molar-refractivity contribution is -0.129. The lowest BCUT2D eigenvalue weighted by atomic mass is 9.86. The number of aryl methyl sites for hydroxylation is 1. The molecule has 5 heteroatoms. The summed E-state index contributed by atoms with van der Waals surface area (Å²) in [5.74, 6) is 0.205. The van der Waals surface area contributed by atoms with E-state index in [2.05, 4.69) is 5.32 Å². The Labute approximate surface area is 149 Å². The molecule has 2 amide bonds. The molecule has 0 radical (unpaired) electrons. The van der Waals surface area contributed by atoms with Crippen molar-refractivity contribution in [3.8, 4) is 0 Å². The summed E-state index contributed by atoms with van der Waals surface area (Å²) in [6.07, 6.45) is 4.08. The van der Waals surface area contributed by atoms with Crippen LogP contribution in [0.5, 0.6) is 0 Å². The van der Waals surface area contributed by atoms with Crippen LogP contribution in [0.1, 0.15) is 43.2 Å². The number of hydrogen-bond acceptors (Lipinski definition) is 3. The number of amides is 2. The van der Waals surface area contributed by atoms with Gasteiger partial charge in [0.15, 0.2) is 0 Å². The Kier molecular flexibility index (Phi) is 5.74. The van der Waals surface area contributed by atoms with E-state index in [-0.39, 0.29) is 30.4 Å². The first-order valence-corrected chi connectivity index (χ1v) is 9.29. The van der Waals surface area contributed by atoms with Crippen LogP contribution >= 0.6 is 0 Å². The lowest BCUT2D eigenvalue weighted by Gasteiger charge is -2.28. The van der Waals surface area contributed by atoms with Crippen molar-refractivity contribution in [2.75, 3.05) is 13.2 Å². The molecule has 2 fully saturated rings. The summed E-state index contributed by atoms with van der Waals surface area (Å²) in [7, 11) is 0. The van der Waals surface area contributed by atoms with E-state index < -0.39 is 0 Å². The zero-order chi connectivity index (χ0) is 17.8. The highest BCUT2D eigenvalue weighted by Gasteiger charge is 2.35. The highest BCUT2D eigenvalue weighted by molar-refractivity contribution is 5.89. The molecular weight excluding hydrogens is 316 g/mol. The van der Waals surface area contributed by atoms with Gasteiger partial charge in [0.2, 0.25) is 11.8 Å². The topological polar surface area (TPSA) is 69.6 Å². The lowest BCUT2D eigenvalue weighted by Crippen LogP contribution is -2.41. The first-order chi connectivity index (χ1) is 12.0. The average Bonchev–Trinajstić information content (AvgIpc) is 2.98. The van der Waals surface area contributed by atoms with Crippen molar-refractivity contribution in [2.45, 2.75) is 51.6 Å². The zero-order valence-corrected chi connectivity index (χ0v) is 14.9. The minimum atomic E-state index is -0.242. The molecule has 2 aliphatic rings. The fourth-order valence-corrected chi connectivity index (χ4v) is 3.82. The second-order valence-corrected chi connectivity index (χ2v) is 7.57. The molecule has 1 aliphatic carbocycles. The van der Waals surface area contributed by atoms with Crippen LogP contribution in [-0.4, -0.2) is 41.0 Å². The van der Waals surface area contributed by atoms with Crippen molar-refractivity contribution < 1.29 is 14.7 Å². The summed E-state index contributed by atoms with van der Waals surface area (Å²) in [4.78, 5) is 26.6. The first kappa shape index (κ1) is 17.9. The second-order valence-electron chi connectivity index (χ2n) is 7.57. The molecule has 2 N–H and O–H groups in total. The molecule has 1 saturated carbocycles. The van der Waals surface area contributed by atoms with Crippen molar-refractivity contribution in [1.29, 1.82) is 0 Å². The van der Waals surface area contributed by atoms with E-state index >= 15 is 0 Å². The van der Waals surface area contributed by atoms with E-state index in [0.717, 1.165) is 31.2 Å². The highest BCUT2D eigenvalue weighted by Crippen LogP contribution is 2.25. The average molecular weight is 344 g/mol. The van der Waals surface area contributed by atoms with Gasteiger partial charge < -0.3 is 15.3 Å². The van der Waals surface area contributed by atoms with Crippen LogP contribution in [0.3, 0.4) is 0 Å². The van der Waals surface area contributed by atoms with Gasteiger partial charge in [-0.1, -0.05) is 29.8 Å². The van der Waals surface area contributed by atoms with Crippen LogP contribution in [0.2, 0.25) is 0 Å². The van der Waals surface area contributed by atoms with E-state index in [4.69, 9.17) is 0 Å². The van der Waals surface area contributed by atoms with Crippen molar-refractivity contribution in [3.63, 3.8) is 0 Å². The third-order valence-electron chi connectivity index (χ3n) is 5.53. The van der Waals surface area contributed by atoms with Gasteiger partial charge in [0, 0.05) is 32.2 Å². The quantitative estimate of drug-likeness (QED) is 0.858. The largest absolute Gasteiger partial charge is 0.396 e. The Bertz CT molecular complexity index is 606. The van der Waals surface area contributed by atoms with Crippen LogP contribution in [-0.2, 0) is 16.1 Å². The number of carbonyl (C=O) groups is 2. The molecule has 0 bridgehead atoms. The summed E-state index contributed by atoms with van der Waals surface area (Å²) in [6.45, 7) is 3.36. The van der Waals surface area contributed by atoms with Crippen LogP contribution in [0.25, 0.3) is 0 Å². The Hall–Kier alpha value is -1.88. The predicted octanol–water partition coefficient (Wildman–Crippen LogP) is 2.01. The third kappa shape index (κ3) is 4.60. The monoisotopic (exact) mass is 344 g/mol. The van der Waals surface area contributed by atoms with Crippen LogP contribution in [0.4, 0.5) is 0 Å². The summed E-state index contributed by atoms with van der Waals surface area (Å²) < 4.78 is 0. The second kappa shape index (κ2) is 8.00. The molecule has 25 heavy (non-hydrogen) atoms. The summed E-state index contributed by atoms with van der Waals surface area (Å²) in [5.41, 5.74) is 2.30. The third-order valence-corrected chi connectivity index (χ3v) is 5.53. The van der Waals surface area contributed by atoms with E-state index in [1.807, 2.05) is 31.2 Å². The Morgan fingerprint density at radius 3 is 2.52 bits per heavy atom. The van der Waals surface area contributed by atoms with Gasteiger partial charge in [0.1, 0.15) is 0 Å². The van der Waals surface area contributed by atoms with E-state index in [0.29, 0.717) is 25.4 Å². The fraction of sp³-hybridized carbons (Fsp3) is 0.600. The summed E-state index contributed by atoms with van der Waals surface area (Å²) in [6, 6.07) is 8.35. The number of hydrogen-bond donors (Lipinski definition) is 2. The number of likely N-dealkylation sites (tertiary alicyclic amines) is 1. The van der Waals surface area contributed by atoms with Crippen molar-refractivity contribution in [1.82, 2.24) is 10.2 Å². The molecular formula is C20H28N2O3. The zero-order valence-electron chi connectivity index (χ0n) is 14.9. The minimum Gasteiger partial charge on any atom is -0.396 e.